The summed E-state index contributed by atoms with van der Waals surface area (Å²) < 4.78 is 2.44. The summed E-state index contributed by atoms with van der Waals surface area (Å²) in [6, 6.07) is 0.539. The Morgan fingerprint density at radius 1 is 1.21 bits per heavy atom. The maximum atomic E-state index is 12.7. The summed E-state index contributed by atoms with van der Waals surface area (Å²) in [4.78, 5) is 45.5. The minimum atomic E-state index is -0.407. The molecule has 1 amide bonds. The van der Waals surface area contributed by atoms with Gasteiger partial charge < -0.3 is 9.80 Å². The van der Waals surface area contributed by atoms with Crippen LogP contribution in [0.1, 0.15) is 38.2 Å². The van der Waals surface area contributed by atoms with Crippen LogP contribution >= 0.6 is 0 Å². The van der Waals surface area contributed by atoms with Crippen LogP contribution in [-0.2, 0) is 18.9 Å². The molecule has 1 aromatic rings. The van der Waals surface area contributed by atoms with E-state index in [1.165, 1.54) is 11.6 Å². The Morgan fingerprint density at radius 3 is 2.36 bits per heavy atom. The van der Waals surface area contributed by atoms with Crippen molar-refractivity contribution in [2.45, 2.75) is 45.6 Å². The van der Waals surface area contributed by atoms with Crippen LogP contribution < -0.4 is 11.2 Å². The summed E-state index contributed by atoms with van der Waals surface area (Å²) in [7, 11) is 7.22. The predicted octanol–water partition coefficient (Wildman–Crippen LogP) is 1.06. The molecule has 1 aliphatic rings. The van der Waals surface area contributed by atoms with Gasteiger partial charge in [0.05, 0.1) is 5.56 Å². The van der Waals surface area contributed by atoms with Crippen molar-refractivity contribution in [2.24, 2.45) is 25.0 Å². The summed E-state index contributed by atoms with van der Waals surface area (Å²) in [6.45, 7) is 5.25. The molecular formula is C20H33N5O3. The highest BCUT2D eigenvalue weighted by Crippen LogP contribution is 2.18. The molecule has 2 rings (SSSR count). The number of amides is 1. The minimum absolute atomic E-state index is 0.0300. The molecule has 156 valence electrons. The van der Waals surface area contributed by atoms with Crippen molar-refractivity contribution in [1.29, 1.82) is 0 Å². The third kappa shape index (κ3) is 4.79. The lowest BCUT2D eigenvalue weighted by atomic mass is 10.00. The van der Waals surface area contributed by atoms with Crippen molar-refractivity contribution in [3.8, 4) is 0 Å². The Balaban J connectivity index is 2.08. The van der Waals surface area contributed by atoms with E-state index in [9.17, 15) is 14.4 Å². The van der Waals surface area contributed by atoms with Gasteiger partial charge in [-0.15, -0.1) is 0 Å². The first kappa shape index (κ1) is 22.1. The number of carbonyl (C=O) groups excluding carboxylic acids is 1. The van der Waals surface area contributed by atoms with E-state index < -0.39 is 5.69 Å². The Morgan fingerprint density at radius 2 is 1.82 bits per heavy atom. The van der Waals surface area contributed by atoms with Gasteiger partial charge in [0, 0.05) is 51.8 Å². The van der Waals surface area contributed by atoms with E-state index >= 15 is 0 Å². The standard InChI is InChI=1S/C20H33N5O3/c1-7-15(12-17(26)25-10-8-16(9-11-25)22(3)4)13-21-18-14(2)19(27)24(6)20(28)23(18)5/h13,15-16H,7-12H2,1-6H3. The topological polar surface area (TPSA) is 79.9 Å². The Hall–Kier alpha value is -2.22. The molecule has 0 spiro atoms. The number of aliphatic imine (C=N–C) groups is 1. The smallest absolute Gasteiger partial charge is 0.332 e. The maximum Gasteiger partial charge on any atom is 0.332 e. The highest BCUT2D eigenvalue weighted by molar-refractivity contribution is 5.80. The molecule has 8 heteroatoms. The average molecular weight is 392 g/mol. The number of rotatable bonds is 6. The highest BCUT2D eigenvalue weighted by Gasteiger charge is 2.25. The van der Waals surface area contributed by atoms with Gasteiger partial charge in [-0.1, -0.05) is 6.92 Å². The van der Waals surface area contributed by atoms with E-state index in [1.54, 1.807) is 20.2 Å². The van der Waals surface area contributed by atoms with Crippen molar-refractivity contribution in [3.63, 3.8) is 0 Å². The first-order valence-electron chi connectivity index (χ1n) is 9.92. The van der Waals surface area contributed by atoms with E-state index in [0.717, 1.165) is 36.9 Å². The van der Waals surface area contributed by atoms with Gasteiger partial charge in [0.2, 0.25) is 5.91 Å². The summed E-state index contributed by atoms with van der Waals surface area (Å²) in [5.74, 6) is 0.466. The lowest BCUT2D eigenvalue weighted by Gasteiger charge is -2.35. The van der Waals surface area contributed by atoms with Gasteiger partial charge in [0.15, 0.2) is 0 Å². The van der Waals surface area contributed by atoms with Gasteiger partial charge in [-0.2, -0.15) is 0 Å². The number of nitrogens with zero attached hydrogens (tertiary/aromatic N) is 5. The minimum Gasteiger partial charge on any atom is -0.343 e. The molecule has 0 bridgehead atoms. The van der Waals surface area contributed by atoms with Crippen molar-refractivity contribution in [2.75, 3.05) is 27.2 Å². The molecule has 1 aromatic heterocycles. The highest BCUT2D eigenvalue weighted by atomic mass is 16.2. The van der Waals surface area contributed by atoms with Crippen molar-refractivity contribution in [1.82, 2.24) is 18.9 Å². The van der Waals surface area contributed by atoms with Crippen LogP contribution in [0.2, 0.25) is 0 Å². The molecule has 1 aliphatic heterocycles. The zero-order chi connectivity index (χ0) is 21.0. The summed E-state index contributed by atoms with van der Waals surface area (Å²) in [5, 5.41) is 0. The summed E-state index contributed by atoms with van der Waals surface area (Å²) >= 11 is 0. The van der Waals surface area contributed by atoms with Gasteiger partial charge in [0.1, 0.15) is 5.82 Å². The summed E-state index contributed by atoms with van der Waals surface area (Å²) in [5.41, 5.74) is -0.327. The Labute approximate surface area is 166 Å². The zero-order valence-corrected chi connectivity index (χ0v) is 17.9. The van der Waals surface area contributed by atoms with Crippen LogP contribution in [0.5, 0.6) is 0 Å². The predicted molar refractivity (Wildman–Crippen MR) is 112 cm³/mol. The average Bonchev–Trinajstić information content (AvgIpc) is 2.69. The first-order valence-corrected chi connectivity index (χ1v) is 9.92. The first-order chi connectivity index (χ1) is 13.2. The van der Waals surface area contributed by atoms with Crippen LogP contribution in [0.3, 0.4) is 0 Å². The SMILES string of the molecule is CCC(C=Nc1c(C)c(=O)n(C)c(=O)n1C)CC(=O)N1CCC(N(C)C)CC1. The molecule has 8 nitrogen and oxygen atoms in total. The second kappa shape index (κ2) is 9.32. The molecule has 0 saturated carbocycles. The maximum absolute atomic E-state index is 12.7. The van der Waals surface area contributed by atoms with Crippen LogP contribution in [-0.4, -0.2) is 64.3 Å². The van der Waals surface area contributed by atoms with E-state index in [1.807, 2.05) is 11.8 Å². The monoisotopic (exact) mass is 391 g/mol. The van der Waals surface area contributed by atoms with Crippen molar-refractivity contribution < 1.29 is 4.79 Å². The molecule has 0 aliphatic carbocycles. The van der Waals surface area contributed by atoms with Crippen LogP contribution in [0.15, 0.2) is 14.6 Å². The van der Waals surface area contributed by atoms with Gasteiger partial charge in [-0.05, 0) is 40.3 Å². The third-order valence-corrected chi connectivity index (χ3v) is 5.77. The van der Waals surface area contributed by atoms with Crippen LogP contribution in [0.25, 0.3) is 0 Å². The van der Waals surface area contributed by atoms with Gasteiger partial charge >= 0.3 is 5.69 Å². The van der Waals surface area contributed by atoms with E-state index in [0.29, 0.717) is 23.8 Å². The van der Waals surface area contributed by atoms with Crippen molar-refractivity contribution >= 4 is 17.9 Å². The Kier molecular flexibility index (Phi) is 7.35. The fourth-order valence-electron chi connectivity index (χ4n) is 3.65. The largest absolute Gasteiger partial charge is 0.343 e. The second-order valence-corrected chi connectivity index (χ2v) is 7.88. The normalized spacial score (nSPS) is 16.9. The molecule has 28 heavy (non-hydrogen) atoms. The molecule has 0 aromatic carbocycles. The lowest BCUT2D eigenvalue weighted by molar-refractivity contribution is -0.133. The number of piperidine rings is 1. The number of hydrogen-bond donors (Lipinski definition) is 0. The van der Waals surface area contributed by atoms with E-state index in [-0.39, 0.29) is 17.4 Å². The van der Waals surface area contributed by atoms with Crippen molar-refractivity contribution in [3.05, 3.63) is 26.4 Å². The third-order valence-electron chi connectivity index (χ3n) is 5.77. The van der Waals surface area contributed by atoms with Gasteiger partial charge in [-0.25, -0.2) is 9.79 Å². The van der Waals surface area contributed by atoms with Crippen LogP contribution in [0, 0.1) is 12.8 Å². The number of likely N-dealkylation sites (tertiary alicyclic amines) is 1. The molecular weight excluding hydrogens is 358 g/mol. The fourth-order valence-corrected chi connectivity index (χ4v) is 3.65. The number of carbonyl (C=O) groups is 1. The molecule has 1 unspecified atom stereocenters. The van der Waals surface area contributed by atoms with Crippen LogP contribution in [0.4, 0.5) is 5.82 Å². The molecule has 1 atom stereocenters. The summed E-state index contributed by atoms with van der Waals surface area (Å²) in [6.07, 6.45) is 4.87. The zero-order valence-electron chi connectivity index (χ0n) is 17.9. The Bertz CT molecular complexity index is 807. The quantitative estimate of drug-likeness (QED) is 0.680. The molecule has 2 heterocycles. The van der Waals surface area contributed by atoms with E-state index in [2.05, 4.69) is 24.0 Å². The fraction of sp³-hybridized carbons (Fsp3) is 0.700. The van der Waals surface area contributed by atoms with E-state index in [4.69, 9.17) is 0 Å². The number of hydrogen-bond acceptors (Lipinski definition) is 5. The number of aromatic nitrogens is 2. The lowest BCUT2D eigenvalue weighted by Crippen LogP contribution is -2.44. The molecule has 1 fully saturated rings. The molecule has 0 N–H and O–H groups in total. The van der Waals surface area contributed by atoms with Gasteiger partial charge in [0.25, 0.3) is 5.56 Å². The molecule has 0 radical (unpaired) electrons. The van der Waals surface area contributed by atoms with Gasteiger partial charge in [-0.3, -0.25) is 18.7 Å². The molecule has 1 saturated heterocycles. The second-order valence-electron chi connectivity index (χ2n) is 7.88.